The summed E-state index contributed by atoms with van der Waals surface area (Å²) in [6, 6.07) is 67.3. The fourth-order valence-electron chi connectivity index (χ4n) is 9.15. The zero-order valence-electron chi connectivity index (χ0n) is 28.2. The Morgan fingerprint density at radius 1 is 0.288 bits per heavy atom. The molecule has 1 aliphatic rings. The summed E-state index contributed by atoms with van der Waals surface area (Å²) in [5, 5.41) is 10.2. The van der Waals surface area contributed by atoms with Crippen LogP contribution in [0.25, 0.3) is 110 Å². The van der Waals surface area contributed by atoms with Crippen LogP contribution in [-0.2, 0) is 0 Å². The van der Waals surface area contributed by atoms with E-state index in [1.807, 2.05) is 0 Å². The number of rotatable bonds is 3. The lowest BCUT2D eigenvalue weighted by atomic mass is 10.0. The van der Waals surface area contributed by atoms with Crippen molar-refractivity contribution in [3.63, 3.8) is 0 Å². The number of para-hydroxylation sites is 2. The first-order valence-corrected chi connectivity index (χ1v) is 18.0. The van der Waals surface area contributed by atoms with Crippen LogP contribution in [-0.4, -0.2) is 9.13 Å². The Bertz CT molecular complexity index is 3280. The van der Waals surface area contributed by atoms with E-state index in [1.54, 1.807) is 0 Å². The van der Waals surface area contributed by atoms with E-state index in [-0.39, 0.29) is 0 Å². The van der Waals surface area contributed by atoms with Gasteiger partial charge in [0.15, 0.2) is 0 Å². The zero-order chi connectivity index (χ0) is 33.9. The molecule has 0 radical (unpaired) electrons. The van der Waals surface area contributed by atoms with Gasteiger partial charge in [-0.05, 0) is 92.0 Å². The summed E-state index contributed by atoms with van der Waals surface area (Å²) in [7, 11) is 0. The van der Waals surface area contributed by atoms with Crippen molar-refractivity contribution in [2.45, 2.75) is 0 Å². The molecule has 0 unspecified atom stereocenters. The maximum absolute atomic E-state index is 2.51. The van der Waals surface area contributed by atoms with Crippen LogP contribution < -0.4 is 0 Å². The van der Waals surface area contributed by atoms with Gasteiger partial charge in [-0.1, -0.05) is 140 Å². The molecule has 9 aromatic carbocycles. The number of fused-ring (bicyclic) bond motifs is 11. The fourth-order valence-corrected chi connectivity index (χ4v) is 9.15. The lowest BCUT2D eigenvalue weighted by Crippen LogP contribution is -1.96. The van der Waals surface area contributed by atoms with Gasteiger partial charge in [0, 0.05) is 38.3 Å². The smallest absolute Gasteiger partial charge is 0.0619 e. The number of benzene rings is 9. The molecule has 52 heavy (non-hydrogen) atoms. The maximum Gasteiger partial charge on any atom is 0.0619 e. The van der Waals surface area contributed by atoms with E-state index in [1.165, 1.54) is 110 Å². The molecular weight excluding hydrogens is 629 g/mol. The predicted octanol–water partition coefficient (Wildman–Crippen LogP) is 13.5. The molecule has 0 saturated heterocycles. The summed E-state index contributed by atoms with van der Waals surface area (Å²) in [4.78, 5) is 0. The molecule has 11 aromatic rings. The zero-order valence-corrected chi connectivity index (χ0v) is 28.2. The minimum Gasteiger partial charge on any atom is -0.309 e. The SMILES string of the molecule is c1ccc(-n2c3ccccc3c3ccc(-c4ccc5c6ccc7ccccc7c6n(-c6ccc7c(c6)-c6cccc8cccc-7c68)c5c4)cc32)cc1. The predicted molar refractivity (Wildman–Crippen MR) is 220 cm³/mol. The number of nitrogens with zero attached hydrogens (tertiary/aromatic N) is 2. The van der Waals surface area contributed by atoms with E-state index in [2.05, 4.69) is 191 Å². The van der Waals surface area contributed by atoms with Crippen LogP contribution in [0, 0.1) is 0 Å². The summed E-state index contributed by atoms with van der Waals surface area (Å²) in [5.41, 5.74) is 14.9. The molecule has 0 fully saturated rings. The molecule has 0 aliphatic heterocycles. The minimum absolute atomic E-state index is 1.17. The summed E-state index contributed by atoms with van der Waals surface area (Å²) in [6.45, 7) is 0. The molecule has 0 atom stereocenters. The first-order valence-electron chi connectivity index (χ1n) is 18.0. The van der Waals surface area contributed by atoms with Gasteiger partial charge in [0.2, 0.25) is 0 Å². The number of hydrogen-bond acceptors (Lipinski definition) is 0. The van der Waals surface area contributed by atoms with Gasteiger partial charge in [-0.15, -0.1) is 0 Å². The lowest BCUT2D eigenvalue weighted by Gasteiger charge is -2.13. The Labute approximate surface area is 300 Å². The molecule has 2 heterocycles. The Hall–Kier alpha value is -6.90. The van der Waals surface area contributed by atoms with E-state index in [0.29, 0.717) is 0 Å². The normalized spacial score (nSPS) is 12.2. The second-order valence-electron chi connectivity index (χ2n) is 14.1. The molecule has 12 rings (SSSR count). The monoisotopic (exact) mass is 658 g/mol. The molecule has 2 nitrogen and oxygen atoms in total. The summed E-state index contributed by atoms with van der Waals surface area (Å²) >= 11 is 0. The van der Waals surface area contributed by atoms with Crippen molar-refractivity contribution in [3.8, 4) is 44.8 Å². The van der Waals surface area contributed by atoms with Crippen LogP contribution >= 0.6 is 0 Å². The first kappa shape index (κ1) is 27.9. The standard InChI is InChI=1S/C50H30N2/c1-2-13-35(14-3-1)51-46-19-7-6-16-39(46)40-24-21-33(28-47(40)51)34-22-25-41-44-26-20-31-10-4-5-15-37(31)50(44)52(48(41)29-34)36-23-27-38-42-17-8-11-32-12-9-18-43(49(32)42)45(38)30-36/h1-30H. The van der Waals surface area contributed by atoms with Gasteiger partial charge in [0.05, 0.1) is 22.1 Å². The first-order chi connectivity index (χ1) is 25.8. The third-order valence-corrected chi connectivity index (χ3v) is 11.4. The Morgan fingerprint density at radius 2 is 0.904 bits per heavy atom. The van der Waals surface area contributed by atoms with Crippen LogP contribution in [0.2, 0.25) is 0 Å². The highest BCUT2D eigenvalue weighted by molar-refractivity contribution is 6.20. The Kier molecular flexibility index (Phi) is 5.53. The van der Waals surface area contributed by atoms with E-state index in [0.717, 1.165) is 0 Å². The highest BCUT2D eigenvalue weighted by Gasteiger charge is 2.23. The highest BCUT2D eigenvalue weighted by Crippen LogP contribution is 2.48. The molecule has 0 N–H and O–H groups in total. The van der Waals surface area contributed by atoms with Gasteiger partial charge in [0.25, 0.3) is 0 Å². The van der Waals surface area contributed by atoms with Gasteiger partial charge >= 0.3 is 0 Å². The van der Waals surface area contributed by atoms with Gasteiger partial charge in [0.1, 0.15) is 0 Å². The van der Waals surface area contributed by atoms with Crippen molar-refractivity contribution in [3.05, 3.63) is 182 Å². The highest BCUT2D eigenvalue weighted by atomic mass is 15.0. The van der Waals surface area contributed by atoms with Crippen molar-refractivity contribution in [1.29, 1.82) is 0 Å². The molecule has 2 heteroatoms. The molecular formula is C50H30N2. The van der Waals surface area contributed by atoms with E-state index < -0.39 is 0 Å². The van der Waals surface area contributed by atoms with Crippen LogP contribution in [0.3, 0.4) is 0 Å². The molecule has 0 saturated carbocycles. The number of hydrogen-bond donors (Lipinski definition) is 0. The number of aromatic nitrogens is 2. The maximum atomic E-state index is 2.51. The van der Waals surface area contributed by atoms with Crippen molar-refractivity contribution in [2.75, 3.05) is 0 Å². The van der Waals surface area contributed by atoms with Crippen molar-refractivity contribution >= 4 is 65.2 Å². The van der Waals surface area contributed by atoms with Crippen molar-refractivity contribution < 1.29 is 0 Å². The van der Waals surface area contributed by atoms with Gasteiger partial charge in [-0.25, -0.2) is 0 Å². The molecule has 2 aromatic heterocycles. The fraction of sp³-hybridized carbons (Fsp3) is 0. The van der Waals surface area contributed by atoms with E-state index >= 15 is 0 Å². The second kappa shape index (κ2) is 10.3. The average molecular weight is 659 g/mol. The third-order valence-electron chi connectivity index (χ3n) is 11.4. The van der Waals surface area contributed by atoms with Crippen LogP contribution in [0.4, 0.5) is 0 Å². The summed E-state index contributed by atoms with van der Waals surface area (Å²) < 4.78 is 4.92. The van der Waals surface area contributed by atoms with E-state index in [9.17, 15) is 0 Å². The topological polar surface area (TPSA) is 9.86 Å². The largest absolute Gasteiger partial charge is 0.309 e. The lowest BCUT2D eigenvalue weighted by molar-refractivity contribution is 1.18. The van der Waals surface area contributed by atoms with Crippen molar-refractivity contribution in [1.82, 2.24) is 9.13 Å². The molecule has 0 spiro atoms. The molecule has 0 bridgehead atoms. The molecule has 1 aliphatic carbocycles. The summed E-state index contributed by atoms with van der Waals surface area (Å²) in [5.74, 6) is 0. The van der Waals surface area contributed by atoms with Crippen LogP contribution in [0.5, 0.6) is 0 Å². The van der Waals surface area contributed by atoms with Crippen LogP contribution in [0.1, 0.15) is 0 Å². The van der Waals surface area contributed by atoms with Gasteiger partial charge < -0.3 is 9.13 Å². The van der Waals surface area contributed by atoms with E-state index in [4.69, 9.17) is 0 Å². The van der Waals surface area contributed by atoms with Crippen molar-refractivity contribution in [2.24, 2.45) is 0 Å². The van der Waals surface area contributed by atoms with Crippen LogP contribution in [0.15, 0.2) is 182 Å². The molecule has 0 amide bonds. The Balaban J connectivity index is 1.13. The minimum atomic E-state index is 1.17. The quantitative estimate of drug-likeness (QED) is 0.179. The third kappa shape index (κ3) is 3.73. The van der Waals surface area contributed by atoms with Gasteiger partial charge in [-0.3, -0.25) is 0 Å². The average Bonchev–Trinajstić information content (AvgIpc) is 3.84. The second-order valence-corrected chi connectivity index (χ2v) is 14.1. The Morgan fingerprint density at radius 3 is 1.71 bits per heavy atom. The van der Waals surface area contributed by atoms with Gasteiger partial charge in [-0.2, -0.15) is 0 Å². The summed E-state index contributed by atoms with van der Waals surface area (Å²) in [6.07, 6.45) is 0. The molecule has 240 valence electrons.